The molecule has 4 nitrogen and oxygen atoms in total. The van der Waals surface area contributed by atoms with Crippen LogP contribution in [0.25, 0.3) is 10.9 Å². The van der Waals surface area contributed by atoms with Gasteiger partial charge in [0.2, 0.25) is 5.91 Å². The summed E-state index contributed by atoms with van der Waals surface area (Å²) < 4.78 is 2.18. The maximum atomic E-state index is 12.5. The molecule has 0 atom stereocenters. The van der Waals surface area contributed by atoms with E-state index in [-0.39, 0.29) is 5.91 Å². The Kier molecular flexibility index (Phi) is 5.40. The standard InChI is InChI=1S/C23H20ClN3O/c24-19-10-8-17(9-11-19)15-27-16-18(21-6-1-2-7-22(21)27)13-23(28)26-14-20-5-3-4-12-25-20/h1-12,16H,13-15H2,(H,26,28). The third kappa shape index (κ3) is 4.24. The highest BCUT2D eigenvalue weighted by molar-refractivity contribution is 6.30. The summed E-state index contributed by atoms with van der Waals surface area (Å²) in [6.45, 7) is 1.16. The normalized spacial score (nSPS) is 10.9. The van der Waals surface area contributed by atoms with Crippen molar-refractivity contribution in [3.05, 3.63) is 101 Å². The lowest BCUT2D eigenvalue weighted by molar-refractivity contribution is -0.120. The molecule has 0 fully saturated rings. The number of carbonyl (C=O) groups excluding carboxylic acids is 1. The fourth-order valence-electron chi connectivity index (χ4n) is 3.31. The molecular weight excluding hydrogens is 370 g/mol. The number of halogens is 1. The first-order valence-electron chi connectivity index (χ1n) is 9.17. The van der Waals surface area contributed by atoms with E-state index in [2.05, 4.69) is 33.2 Å². The van der Waals surface area contributed by atoms with Crippen LogP contribution in [0, 0.1) is 0 Å². The lowest BCUT2D eigenvalue weighted by atomic mass is 10.1. The second kappa shape index (κ2) is 8.28. The van der Waals surface area contributed by atoms with E-state index in [9.17, 15) is 4.79 Å². The van der Waals surface area contributed by atoms with Crippen molar-refractivity contribution in [2.45, 2.75) is 19.5 Å². The maximum Gasteiger partial charge on any atom is 0.224 e. The molecule has 1 N–H and O–H groups in total. The topological polar surface area (TPSA) is 46.9 Å². The van der Waals surface area contributed by atoms with Crippen LogP contribution >= 0.6 is 11.6 Å². The molecule has 0 saturated heterocycles. The molecule has 0 radical (unpaired) electrons. The van der Waals surface area contributed by atoms with E-state index in [0.717, 1.165) is 39.3 Å². The number of hydrogen-bond donors (Lipinski definition) is 1. The summed E-state index contributed by atoms with van der Waals surface area (Å²) in [6, 6.07) is 21.7. The molecule has 0 aliphatic rings. The van der Waals surface area contributed by atoms with Gasteiger partial charge in [-0.25, -0.2) is 0 Å². The zero-order valence-electron chi connectivity index (χ0n) is 15.3. The molecular formula is C23H20ClN3O. The fourth-order valence-corrected chi connectivity index (χ4v) is 3.43. The van der Waals surface area contributed by atoms with Crippen molar-refractivity contribution in [3.63, 3.8) is 0 Å². The monoisotopic (exact) mass is 389 g/mol. The molecule has 2 heterocycles. The lowest BCUT2D eigenvalue weighted by Gasteiger charge is -2.05. The molecule has 140 valence electrons. The largest absolute Gasteiger partial charge is 0.350 e. The Morgan fingerprint density at radius 3 is 2.57 bits per heavy atom. The molecule has 0 spiro atoms. The highest BCUT2D eigenvalue weighted by atomic mass is 35.5. The highest BCUT2D eigenvalue weighted by Crippen LogP contribution is 2.23. The molecule has 0 unspecified atom stereocenters. The van der Waals surface area contributed by atoms with Crippen molar-refractivity contribution >= 4 is 28.4 Å². The zero-order chi connectivity index (χ0) is 19.3. The number of amides is 1. The van der Waals surface area contributed by atoms with Gasteiger partial charge in [0.15, 0.2) is 0 Å². The van der Waals surface area contributed by atoms with Crippen LogP contribution in [-0.4, -0.2) is 15.5 Å². The summed E-state index contributed by atoms with van der Waals surface area (Å²) in [6.07, 6.45) is 4.13. The quantitative estimate of drug-likeness (QED) is 0.524. The van der Waals surface area contributed by atoms with E-state index in [1.807, 2.05) is 54.6 Å². The zero-order valence-corrected chi connectivity index (χ0v) is 16.1. The van der Waals surface area contributed by atoms with Gasteiger partial charge in [0, 0.05) is 34.9 Å². The summed E-state index contributed by atoms with van der Waals surface area (Å²) in [7, 11) is 0. The second-order valence-electron chi connectivity index (χ2n) is 6.70. The van der Waals surface area contributed by atoms with Gasteiger partial charge in [-0.3, -0.25) is 9.78 Å². The van der Waals surface area contributed by atoms with Gasteiger partial charge in [-0.2, -0.15) is 0 Å². The number of carbonyl (C=O) groups is 1. The smallest absolute Gasteiger partial charge is 0.224 e. The molecule has 0 aliphatic carbocycles. The Labute approximate surface area is 168 Å². The van der Waals surface area contributed by atoms with Crippen LogP contribution in [0.3, 0.4) is 0 Å². The summed E-state index contributed by atoms with van der Waals surface area (Å²) in [5.41, 5.74) is 4.14. The second-order valence-corrected chi connectivity index (χ2v) is 7.14. The predicted octanol–water partition coefficient (Wildman–Crippen LogP) is 4.60. The van der Waals surface area contributed by atoms with Crippen molar-refractivity contribution in [2.24, 2.45) is 0 Å². The average molecular weight is 390 g/mol. The van der Waals surface area contributed by atoms with Gasteiger partial charge in [0.1, 0.15) is 0 Å². The predicted molar refractivity (Wildman–Crippen MR) is 112 cm³/mol. The molecule has 2 aromatic carbocycles. The Morgan fingerprint density at radius 1 is 1.00 bits per heavy atom. The Bertz CT molecular complexity index is 1090. The average Bonchev–Trinajstić information content (AvgIpc) is 3.06. The number of pyridine rings is 1. The summed E-state index contributed by atoms with van der Waals surface area (Å²) in [4.78, 5) is 16.7. The first-order chi connectivity index (χ1) is 13.7. The Hall–Kier alpha value is -3.11. The van der Waals surface area contributed by atoms with Crippen LogP contribution in [0.5, 0.6) is 0 Å². The Morgan fingerprint density at radius 2 is 1.79 bits per heavy atom. The van der Waals surface area contributed by atoms with E-state index in [1.165, 1.54) is 0 Å². The van der Waals surface area contributed by atoms with Gasteiger partial charge in [-0.05, 0) is 41.5 Å². The third-order valence-corrected chi connectivity index (χ3v) is 4.93. The number of nitrogens with one attached hydrogen (secondary N) is 1. The van der Waals surface area contributed by atoms with Gasteiger partial charge in [0.05, 0.1) is 18.7 Å². The first-order valence-corrected chi connectivity index (χ1v) is 9.54. The maximum absolute atomic E-state index is 12.5. The van der Waals surface area contributed by atoms with E-state index in [4.69, 9.17) is 11.6 Å². The van der Waals surface area contributed by atoms with Crippen molar-refractivity contribution in [3.8, 4) is 0 Å². The number of rotatable bonds is 6. The molecule has 0 aliphatic heterocycles. The number of nitrogens with zero attached hydrogens (tertiary/aromatic N) is 2. The number of benzene rings is 2. The lowest BCUT2D eigenvalue weighted by Crippen LogP contribution is -2.24. The SMILES string of the molecule is O=C(Cc1cn(Cc2ccc(Cl)cc2)c2ccccc12)NCc1ccccn1. The van der Waals surface area contributed by atoms with Gasteiger partial charge in [0.25, 0.3) is 0 Å². The van der Waals surface area contributed by atoms with Crippen molar-refractivity contribution in [1.29, 1.82) is 0 Å². The van der Waals surface area contributed by atoms with Crippen molar-refractivity contribution in [1.82, 2.24) is 14.9 Å². The summed E-state index contributed by atoms with van der Waals surface area (Å²) >= 11 is 5.99. The minimum absolute atomic E-state index is 0.0138. The number of fused-ring (bicyclic) bond motifs is 1. The summed E-state index contributed by atoms with van der Waals surface area (Å²) in [5.74, 6) is -0.0138. The molecule has 1 amide bonds. The van der Waals surface area contributed by atoms with Crippen LogP contribution in [-0.2, 0) is 24.3 Å². The van der Waals surface area contributed by atoms with E-state index in [1.54, 1.807) is 6.20 Å². The van der Waals surface area contributed by atoms with Crippen LogP contribution in [0.1, 0.15) is 16.8 Å². The van der Waals surface area contributed by atoms with Gasteiger partial charge < -0.3 is 9.88 Å². The van der Waals surface area contributed by atoms with E-state index in [0.29, 0.717) is 13.0 Å². The van der Waals surface area contributed by atoms with Crippen molar-refractivity contribution < 1.29 is 4.79 Å². The van der Waals surface area contributed by atoms with E-state index >= 15 is 0 Å². The summed E-state index contributed by atoms with van der Waals surface area (Å²) in [5, 5.41) is 4.78. The minimum atomic E-state index is -0.0138. The van der Waals surface area contributed by atoms with Crippen LogP contribution in [0.2, 0.25) is 5.02 Å². The molecule has 2 aromatic heterocycles. The van der Waals surface area contributed by atoms with Gasteiger partial charge in [-0.15, -0.1) is 0 Å². The van der Waals surface area contributed by atoms with E-state index < -0.39 is 0 Å². The third-order valence-electron chi connectivity index (χ3n) is 4.68. The molecule has 4 rings (SSSR count). The number of para-hydroxylation sites is 1. The van der Waals surface area contributed by atoms with Crippen LogP contribution in [0.15, 0.2) is 79.1 Å². The van der Waals surface area contributed by atoms with Gasteiger partial charge in [-0.1, -0.05) is 48.0 Å². The number of aromatic nitrogens is 2. The minimum Gasteiger partial charge on any atom is -0.350 e. The molecule has 28 heavy (non-hydrogen) atoms. The molecule has 5 heteroatoms. The number of hydrogen-bond acceptors (Lipinski definition) is 2. The van der Waals surface area contributed by atoms with Crippen LogP contribution in [0.4, 0.5) is 0 Å². The fraction of sp³-hybridized carbons (Fsp3) is 0.130. The Balaban J connectivity index is 1.52. The van der Waals surface area contributed by atoms with Crippen LogP contribution < -0.4 is 5.32 Å². The highest BCUT2D eigenvalue weighted by Gasteiger charge is 2.12. The first kappa shape index (κ1) is 18.3. The van der Waals surface area contributed by atoms with Gasteiger partial charge >= 0.3 is 0 Å². The van der Waals surface area contributed by atoms with Crippen molar-refractivity contribution in [2.75, 3.05) is 0 Å². The molecule has 4 aromatic rings. The molecule has 0 saturated carbocycles. The molecule has 0 bridgehead atoms.